The van der Waals surface area contributed by atoms with Gasteiger partial charge in [0.2, 0.25) is 0 Å². The molecule has 21 heavy (non-hydrogen) atoms. The van der Waals surface area contributed by atoms with Crippen LogP contribution in [0, 0.1) is 0 Å². The predicted octanol–water partition coefficient (Wildman–Crippen LogP) is 2.96. The number of ether oxygens (including phenoxy) is 1. The normalized spacial score (nSPS) is 11.5. The van der Waals surface area contributed by atoms with Gasteiger partial charge in [-0.15, -0.1) is 0 Å². The summed E-state index contributed by atoms with van der Waals surface area (Å²) in [4.78, 5) is 14.5. The van der Waals surface area contributed by atoms with Gasteiger partial charge in [0.15, 0.2) is 0 Å². The molecule has 1 aromatic heterocycles. The molecule has 0 bridgehead atoms. The Labute approximate surface area is 121 Å². The van der Waals surface area contributed by atoms with Crippen LogP contribution in [0.2, 0.25) is 0 Å². The van der Waals surface area contributed by atoms with Crippen molar-refractivity contribution in [1.29, 1.82) is 0 Å². The molecule has 0 N–H and O–H groups in total. The highest BCUT2D eigenvalue weighted by atomic mass is 16.5. The Balaban J connectivity index is 2.29. The van der Waals surface area contributed by atoms with Crippen LogP contribution >= 0.6 is 0 Å². The van der Waals surface area contributed by atoms with Crippen molar-refractivity contribution in [2.45, 2.75) is 13.0 Å². The van der Waals surface area contributed by atoms with E-state index in [1.54, 1.807) is 17.8 Å². The minimum atomic E-state index is -0.417. The van der Waals surface area contributed by atoms with Crippen molar-refractivity contribution in [3.63, 3.8) is 0 Å². The largest absolute Gasteiger partial charge is 0.462 e. The second-order valence-corrected chi connectivity index (χ2v) is 4.27. The van der Waals surface area contributed by atoms with Crippen molar-refractivity contribution >= 4 is 5.97 Å². The van der Waals surface area contributed by atoms with Gasteiger partial charge < -0.3 is 4.74 Å². The van der Waals surface area contributed by atoms with Crippen LogP contribution in [0.4, 0.5) is 0 Å². The van der Waals surface area contributed by atoms with E-state index in [9.17, 15) is 4.79 Å². The van der Waals surface area contributed by atoms with Gasteiger partial charge in [-0.05, 0) is 18.0 Å². The maximum absolute atomic E-state index is 11.7. The molecule has 0 radical (unpaired) electrons. The number of hydrogen-bond acceptors (Lipinski definition) is 4. The summed E-state index contributed by atoms with van der Waals surface area (Å²) >= 11 is 0. The molecule has 0 aliphatic heterocycles. The van der Waals surface area contributed by atoms with Gasteiger partial charge in [0, 0.05) is 11.1 Å². The van der Waals surface area contributed by atoms with E-state index in [0.29, 0.717) is 12.2 Å². The molecule has 1 unspecified atom stereocenters. The first-order chi connectivity index (χ1) is 10.3. The minimum Gasteiger partial charge on any atom is -0.462 e. The molecule has 1 atom stereocenters. The lowest BCUT2D eigenvalue weighted by Gasteiger charge is -2.15. The third-order valence-corrected chi connectivity index (χ3v) is 2.93. The molecule has 108 valence electrons. The smallest absolute Gasteiger partial charge is 0.341 e. The zero-order chi connectivity index (χ0) is 15.1. The van der Waals surface area contributed by atoms with E-state index in [0.717, 1.165) is 5.56 Å². The number of aromatic nitrogens is 2. The highest BCUT2D eigenvalue weighted by Crippen LogP contribution is 2.19. The van der Waals surface area contributed by atoms with Crippen LogP contribution in [0.5, 0.6) is 0 Å². The van der Waals surface area contributed by atoms with Crippen molar-refractivity contribution in [3.05, 3.63) is 64.3 Å². The Kier molecular flexibility index (Phi) is 4.95. The van der Waals surface area contributed by atoms with Gasteiger partial charge in [-0.25, -0.2) is 4.79 Å². The monoisotopic (exact) mass is 285 g/mol. The van der Waals surface area contributed by atoms with E-state index in [2.05, 4.69) is 15.1 Å². The lowest BCUT2D eigenvalue weighted by Crippen LogP contribution is -2.14. The topological polar surface area (TPSA) is 92.9 Å². The Hall–Kier alpha value is -2.79. The van der Waals surface area contributed by atoms with Gasteiger partial charge in [-0.2, -0.15) is 5.10 Å². The fourth-order valence-electron chi connectivity index (χ4n) is 1.96. The Bertz CT molecular complexity index is 646. The maximum atomic E-state index is 11.7. The van der Waals surface area contributed by atoms with Crippen LogP contribution in [0.25, 0.3) is 10.4 Å². The molecule has 7 heteroatoms. The molecule has 0 aliphatic rings. The van der Waals surface area contributed by atoms with Crippen molar-refractivity contribution in [3.8, 4) is 0 Å². The molecular weight excluding hydrogens is 270 g/mol. The van der Waals surface area contributed by atoms with Crippen LogP contribution in [-0.4, -0.2) is 28.9 Å². The molecule has 1 heterocycles. The van der Waals surface area contributed by atoms with E-state index in [1.165, 1.54) is 6.20 Å². The number of carbonyl (C=O) groups is 1. The first-order valence-corrected chi connectivity index (χ1v) is 6.53. The van der Waals surface area contributed by atoms with E-state index < -0.39 is 5.97 Å². The number of rotatable bonds is 6. The minimum absolute atomic E-state index is 0.213. The Morgan fingerprint density at radius 2 is 2.24 bits per heavy atom. The number of benzene rings is 1. The van der Waals surface area contributed by atoms with Gasteiger partial charge in [0.1, 0.15) is 0 Å². The molecule has 0 aliphatic carbocycles. The van der Waals surface area contributed by atoms with Crippen LogP contribution in [-0.2, 0) is 4.74 Å². The average molecular weight is 285 g/mol. The van der Waals surface area contributed by atoms with E-state index in [-0.39, 0.29) is 12.6 Å². The second-order valence-electron chi connectivity index (χ2n) is 4.27. The van der Waals surface area contributed by atoms with Gasteiger partial charge in [-0.1, -0.05) is 35.4 Å². The zero-order valence-electron chi connectivity index (χ0n) is 11.6. The summed E-state index contributed by atoms with van der Waals surface area (Å²) in [5, 5.41) is 7.80. The SMILES string of the molecule is CCOC(=O)c1cnn(C(CN=[N+]=[N-])c2ccccc2)c1. The summed E-state index contributed by atoms with van der Waals surface area (Å²) in [6, 6.07) is 9.28. The van der Waals surface area contributed by atoms with Gasteiger partial charge in [0.05, 0.1) is 31.0 Å². The van der Waals surface area contributed by atoms with E-state index >= 15 is 0 Å². The standard InChI is InChI=1S/C14H15N5O2/c1-2-21-14(20)12-8-17-19(10-12)13(9-16-18-15)11-6-4-3-5-7-11/h3-8,10,13H,2,9H2,1H3. The summed E-state index contributed by atoms with van der Waals surface area (Å²) in [6.07, 6.45) is 3.05. The van der Waals surface area contributed by atoms with Crippen LogP contribution in [0.3, 0.4) is 0 Å². The van der Waals surface area contributed by atoms with Gasteiger partial charge in [0.25, 0.3) is 0 Å². The first-order valence-electron chi connectivity index (χ1n) is 6.53. The third-order valence-electron chi connectivity index (χ3n) is 2.93. The molecule has 7 nitrogen and oxygen atoms in total. The number of hydrogen-bond donors (Lipinski definition) is 0. The van der Waals surface area contributed by atoms with Crippen molar-refractivity contribution in [2.24, 2.45) is 5.11 Å². The van der Waals surface area contributed by atoms with Crippen molar-refractivity contribution < 1.29 is 9.53 Å². The number of esters is 1. The van der Waals surface area contributed by atoms with Crippen molar-refractivity contribution in [2.75, 3.05) is 13.2 Å². The molecule has 1 aromatic carbocycles. The summed E-state index contributed by atoms with van der Waals surface area (Å²) < 4.78 is 6.54. The van der Waals surface area contributed by atoms with Crippen molar-refractivity contribution in [1.82, 2.24) is 9.78 Å². The van der Waals surface area contributed by atoms with Crippen LogP contribution < -0.4 is 0 Å². The maximum Gasteiger partial charge on any atom is 0.341 e. The molecular formula is C14H15N5O2. The summed E-state index contributed by atoms with van der Waals surface area (Å²) in [5.74, 6) is -0.417. The van der Waals surface area contributed by atoms with Gasteiger partial charge in [-0.3, -0.25) is 4.68 Å². The molecule has 0 saturated carbocycles. The lowest BCUT2D eigenvalue weighted by atomic mass is 10.1. The Morgan fingerprint density at radius 1 is 1.48 bits per heavy atom. The quantitative estimate of drug-likeness (QED) is 0.353. The van der Waals surface area contributed by atoms with Crippen LogP contribution in [0.1, 0.15) is 28.9 Å². The van der Waals surface area contributed by atoms with E-state index in [1.807, 2.05) is 30.3 Å². The number of azide groups is 1. The summed E-state index contributed by atoms with van der Waals surface area (Å²) in [7, 11) is 0. The molecule has 2 rings (SSSR count). The Morgan fingerprint density at radius 3 is 2.90 bits per heavy atom. The number of carbonyl (C=O) groups excluding carboxylic acids is 1. The summed E-state index contributed by atoms with van der Waals surface area (Å²) in [5.41, 5.74) is 9.85. The molecule has 0 saturated heterocycles. The fourth-order valence-corrected chi connectivity index (χ4v) is 1.96. The first kappa shape index (κ1) is 14.6. The van der Waals surface area contributed by atoms with E-state index in [4.69, 9.17) is 10.3 Å². The fraction of sp³-hybridized carbons (Fsp3) is 0.286. The molecule has 0 fully saturated rings. The summed E-state index contributed by atoms with van der Waals surface area (Å²) in [6.45, 7) is 2.27. The third kappa shape index (κ3) is 3.61. The molecule has 0 spiro atoms. The average Bonchev–Trinajstić information content (AvgIpc) is 2.99. The highest BCUT2D eigenvalue weighted by molar-refractivity contribution is 5.88. The number of nitrogens with zero attached hydrogens (tertiary/aromatic N) is 5. The predicted molar refractivity (Wildman–Crippen MR) is 76.8 cm³/mol. The van der Waals surface area contributed by atoms with Crippen LogP contribution in [0.15, 0.2) is 47.8 Å². The van der Waals surface area contributed by atoms with Gasteiger partial charge >= 0.3 is 5.97 Å². The lowest BCUT2D eigenvalue weighted by molar-refractivity contribution is 0.0526. The second kappa shape index (κ2) is 7.12. The molecule has 2 aromatic rings. The highest BCUT2D eigenvalue weighted by Gasteiger charge is 2.16. The molecule has 0 amide bonds. The zero-order valence-corrected chi connectivity index (χ0v) is 11.6.